The number of nitrogens with zero attached hydrogens (tertiary/aromatic N) is 1. The van der Waals surface area contributed by atoms with Gasteiger partial charge in [-0.25, -0.2) is 0 Å². The minimum Gasteiger partial charge on any atom is -0.313 e. The minimum atomic E-state index is 0.422. The van der Waals surface area contributed by atoms with Gasteiger partial charge in [0.25, 0.3) is 0 Å². The molecule has 0 aliphatic carbocycles. The molecule has 100 valence electrons. The summed E-state index contributed by atoms with van der Waals surface area (Å²) in [5.41, 5.74) is 0.422. The van der Waals surface area contributed by atoms with Gasteiger partial charge in [-0.2, -0.15) is 0 Å². The predicted molar refractivity (Wildman–Crippen MR) is 74.2 cm³/mol. The van der Waals surface area contributed by atoms with Crippen LogP contribution >= 0.6 is 0 Å². The van der Waals surface area contributed by atoms with Gasteiger partial charge in [0, 0.05) is 12.1 Å². The maximum atomic E-state index is 3.72. The first-order valence-electron chi connectivity index (χ1n) is 7.44. The maximum absolute atomic E-state index is 3.72. The fourth-order valence-electron chi connectivity index (χ4n) is 3.46. The van der Waals surface area contributed by atoms with Gasteiger partial charge in [-0.15, -0.1) is 0 Å². The highest BCUT2D eigenvalue weighted by Crippen LogP contribution is 2.31. The molecule has 2 rings (SSSR count). The number of likely N-dealkylation sites (tertiary alicyclic amines) is 1. The van der Waals surface area contributed by atoms with Crippen LogP contribution in [0.1, 0.15) is 53.4 Å². The second-order valence-corrected chi connectivity index (χ2v) is 7.26. The fourth-order valence-corrected chi connectivity index (χ4v) is 3.46. The summed E-state index contributed by atoms with van der Waals surface area (Å²) in [6, 6.07) is 1.52. The van der Waals surface area contributed by atoms with Crippen molar-refractivity contribution in [2.24, 2.45) is 11.3 Å². The number of nitrogens with one attached hydrogen (secondary N) is 1. The summed E-state index contributed by atoms with van der Waals surface area (Å²) in [5, 5.41) is 3.72. The van der Waals surface area contributed by atoms with Gasteiger partial charge in [0.1, 0.15) is 0 Å². The first-order valence-corrected chi connectivity index (χ1v) is 7.44. The number of hydrogen-bond donors (Lipinski definition) is 1. The summed E-state index contributed by atoms with van der Waals surface area (Å²) in [6.45, 7) is 13.4. The summed E-state index contributed by atoms with van der Waals surface area (Å²) < 4.78 is 0. The van der Waals surface area contributed by atoms with Crippen molar-refractivity contribution in [1.29, 1.82) is 0 Å². The van der Waals surface area contributed by atoms with Gasteiger partial charge < -0.3 is 10.2 Å². The van der Waals surface area contributed by atoms with E-state index in [1.165, 1.54) is 45.3 Å². The quantitative estimate of drug-likeness (QED) is 0.813. The third-order valence-corrected chi connectivity index (χ3v) is 4.71. The lowest BCUT2D eigenvalue weighted by molar-refractivity contribution is 0.219. The molecule has 2 nitrogen and oxygen atoms in total. The lowest BCUT2D eigenvalue weighted by Gasteiger charge is -2.28. The van der Waals surface area contributed by atoms with Crippen LogP contribution in [0, 0.1) is 11.3 Å². The highest BCUT2D eigenvalue weighted by atomic mass is 15.2. The van der Waals surface area contributed by atoms with Crippen LogP contribution in [0.4, 0.5) is 0 Å². The smallest absolute Gasteiger partial charge is 0.0119 e. The van der Waals surface area contributed by atoms with E-state index >= 15 is 0 Å². The molecule has 0 spiro atoms. The average Bonchev–Trinajstić information content (AvgIpc) is 2.85. The standard InChI is InChI=1S/C15H30N2/c1-12(17-7-5-6-8-17)9-13-10-14(16-11-13)15(2,3)4/h12-14,16H,5-11H2,1-4H3. The van der Waals surface area contributed by atoms with E-state index in [1.54, 1.807) is 0 Å². The van der Waals surface area contributed by atoms with Gasteiger partial charge in [-0.05, 0) is 63.6 Å². The third-order valence-electron chi connectivity index (χ3n) is 4.71. The zero-order valence-electron chi connectivity index (χ0n) is 12.1. The van der Waals surface area contributed by atoms with Crippen molar-refractivity contribution >= 4 is 0 Å². The Labute approximate surface area is 107 Å². The molecule has 0 bridgehead atoms. The molecule has 3 unspecified atom stereocenters. The summed E-state index contributed by atoms with van der Waals surface area (Å²) in [4.78, 5) is 2.68. The van der Waals surface area contributed by atoms with Crippen LogP contribution in [0.5, 0.6) is 0 Å². The van der Waals surface area contributed by atoms with Crippen LogP contribution in [0.15, 0.2) is 0 Å². The monoisotopic (exact) mass is 238 g/mol. The van der Waals surface area contributed by atoms with Crippen LogP contribution in [0.25, 0.3) is 0 Å². The molecule has 2 fully saturated rings. The molecular weight excluding hydrogens is 208 g/mol. The molecule has 2 saturated heterocycles. The normalized spacial score (nSPS) is 33.2. The largest absolute Gasteiger partial charge is 0.313 e. The van der Waals surface area contributed by atoms with E-state index in [0.29, 0.717) is 5.41 Å². The molecule has 2 aliphatic heterocycles. The molecule has 0 radical (unpaired) electrons. The molecule has 0 aromatic carbocycles. The highest BCUT2D eigenvalue weighted by molar-refractivity contribution is 4.90. The minimum absolute atomic E-state index is 0.422. The molecule has 2 heteroatoms. The van der Waals surface area contributed by atoms with Crippen LogP contribution in [0.2, 0.25) is 0 Å². The first-order chi connectivity index (χ1) is 7.97. The van der Waals surface area contributed by atoms with E-state index in [-0.39, 0.29) is 0 Å². The Balaban J connectivity index is 1.77. The number of rotatable bonds is 3. The highest BCUT2D eigenvalue weighted by Gasteiger charge is 2.33. The Morgan fingerprint density at radius 3 is 2.41 bits per heavy atom. The van der Waals surface area contributed by atoms with E-state index in [0.717, 1.165) is 18.0 Å². The Morgan fingerprint density at radius 2 is 1.88 bits per heavy atom. The van der Waals surface area contributed by atoms with Crippen molar-refractivity contribution in [2.75, 3.05) is 19.6 Å². The maximum Gasteiger partial charge on any atom is 0.0119 e. The van der Waals surface area contributed by atoms with Gasteiger partial charge >= 0.3 is 0 Å². The van der Waals surface area contributed by atoms with Crippen LogP contribution < -0.4 is 5.32 Å². The van der Waals surface area contributed by atoms with Crippen LogP contribution in [-0.2, 0) is 0 Å². The molecule has 0 aromatic rings. The van der Waals surface area contributed by atoms with E-state index in [4.69, 9.17) is 0 Å². The second-order valence-electron chi connectivity index (χ2n) is 7.26. The van der Waals surface area contributed by atoms with Gasteiger partial charge in [0.15, 0.2) is 0 Å². The van der Waals surface area contributed by atoms with Crippen molar-refractivity contribution in [3.8, 4) is 0 Å². The van der Waals surface area contributed by atoms with Gasteiger partial charge in [0.05, 0.1) is 0 Å². The van der Waals surface area contributed by atoms with Crippen molar-refractivity contribution in [3.63, 3.8) is 0 Å². The lowest BCUT2D eigenvalue weighted by atomic mass is 9.83. The fraction of sp³-hybridized carbons (Fsp3) is 1.00. The van der Waals surface area contributed by atoms with Gasteiger partial charge in [-0.1, -0.05) is 20.8 Å². The number of hydrogen-bond acceptors (Lipinski definition) is 2. The Kier molecular flexibility index (Phi) is 4.14. The van der Waals surface area contributed by atoms with E-state index < -0.39 is 0 Å². The van der Waals surface area contributed by atoms with E-state index in [1.807, 2.05) is 0 Å². The molecule has 0 aromatic heterocycles. The van der Waals surface area contributed by atoms with Gasteiger partial charge in [0.2, 0.25) is 0 Å². The molecule has 2 heterocycles. The van der Waals surface area contributed by atoms with E-state index in [2.05, 4.69) is 37.9 Å². The van der Waals surface area contributed by atoms with Crippen molar-refractivity contribution in [3.05, 3.63) is 0 Å². The van der Waals surface area contributed by atoms with Crippen LogP contribution in [0.3, 0.4) is 0 Å². The topological polar surface area (TPSA) is 15.3 Å². The molecule has 17 heavy (non-hydrogen) atoms. The second kappa shape index (κ2) is 5.27. The molecule has 0 amide bonds. The average molecular weight is 238 g/mol. The first kappa shape index (κ1) is 13.4. The Hall–Kier alpha value is -0.0800. The predicted octanol–water partition coefficient (Wildman–Crippen LogP) is 2.89. The third kappa shape index (κ3) is 3.45. The molecular formula is C15H30N2. The van der Waals surface area contributed by atoms with Crippen molar-refractivity contribution < 1.29 is 0 Å². The summed E-state index contributed by atoms with van der Waals surface area (Å²) in [7, 11) is 0. The SMILES string of the molecule is CC(CC1CNC(C(C)(C)C)C1)N1CCCC1. The molecule has 2 aliphatic rings. The van der Waals surface area contributed by atoms with Gasteiger partial charge in [-0.3, -0.25) is 0 Å². The van der Waals surface area contributed by atoms with E-state index in [9.17, 15) is 0 Å². The van der Waals surface area contributed by atoms with Crippen molar-refractivity contribution in [2.45, 2.75) is 65.5 Å². The molecule has 0 saturated carbocycles. The van der Waals surface area contributed by atoms with Crippen molar-refractivity contribution in [1.82, 2.24) is 10.2 Å². The summed E-state index contributed by atoms with van der Waals surface area (Å²) in [6.07, 6.45) is 5.59. The van der Waals surface area contributed by atoms with Crippen LogP contribution in [-0.4, -0.2) is 36.6 Å². The molecule has 3 atom stereocenters. The summed E-state index contributed by atoms with van der Waals surface area (Å²) >= 11 is 0. The zero-order chi connectivity index (χ0) is 12.5. The Morgan fingerprint density at radius 1 is 1.24 bits per heavy atom. The molecule has 1 N–H and O–H groups in total. The zero-order valence-corrected chi connectivity index (χ0v) is 12.1. The lowest BCUT2D eigenvalue weighted by Crippen LogP contribution is -2.34. The summed E-state index contributed by atoms with van der Waals surface area (Å²) in [5.74, 6) is 0.898. The Bertz CT molecular complexity index is 238.